The van der Waals surface area contributed by atoms with Crippen molar-refractivity contribution < 1.29 is 0 Å². The number of nitrogens with two attached hydrogens (primary N) is 1. The molecule has 0 bridgehead atoms. The van der Waals surface area contributed by atoms with Crippen LogP contribution in [0, 0.1) is 0 Å². The molecule has 3 heteroatoms. The molecule has 1 aliphatic heterocycles. The molecular formula is C14H21ClN2. The first-order valence-corrected chi connectivity index (χ1v) is 6.88. The van der Waals surface area contributed by atoms with Gasteiger partial charge in [0.15, 0.2) is 0 Å². The molecule has 1 aromatic rings. The summed E-state index contributed by atoms with van der Waals surface area (Å²) in [5.41, 5.74) is 8.58. The summed E-state index contributed by atoms with van der Waals surface area (Å²) < 4.78 is 0. The van der Waals surface area contributed by atoms with Gasteiger partial charge in [0.1, 0.15) is 0 Å². The number of nitrogens with zero attached hydrogens (tertiary/aromatic N) is 1. The molecule has 1 unspecified atom stereocenters. The summed E-state index contributed by atoms with van der Waals surface area (Å²) in [5.74, 6) is 0. The standard InChI is InChI=1S/C14H21ClN2/c1-2-12(16)10-11-6-5-7-13(15)14(11)17-8-3-4-9-17/h5-7,12H,2-4,8-10,16H2,1H3. The molecule has 0 spiro atoms. The van der Waals surface area contributed by atoms with Gasteiger partial charge in [0.25, 0.3) is 0 Å². The molecule has 1 aromatic carbocycles. The van der Waals surface area contributed by atoms with Crippen LogP contribution in [0.2, 0.25) is 5.02 Å². The number of rotatable bonds is 4. The molecule has 0 aromatic heterocycles. The van der Waals surface area contributed by atoms with Crippen LogP contribution in [0.4, 0.5) is 5.69 Å². The lowest BCUT2D eigenvalue weighted by atomic mass is 10.0. The Kier molecular flexibility index (Phi) is 4.30. The maximum Gasteiger partial charge on any atom is 0.0642 e. The van der Waals surface area contributed by atoms with E-state index in [9.17, 15) is 0 Å². The van der Waals surface area contributed by atoms with E-state index >= 15 is 0 Å². The van der Waals surface area contributed by atoms with Crippen LogP contribution in [-0.2, 0) is 6.42 Å². The minimum atomic E-state index is 0.231. The van der Waals surface area contributed by atoms with Crippen LogP contribution in [-0.4, -0.2) is 19.1 Å². The highest BCUT2D eigenvalue weighted by molar-refractivity contribution is 6.33. The maximum absolute atomic E-state index is 6.35. The van der Waals surface area contributed by atoms with Crippen LogP contribution in [0.25, 0.3) is 0 Å². The lowest BCUT2D eigenvalue weighted by Crippen LogP contribution is -2.25. The first kappa shape index (κ1) is 12.7. The maximum atomic E-state index is 6.35. The monoisotopic (exact) mass is 252 g/mol. The second-order valence-electron chi connectivity index (χ2n) is 4.81. The Morgan fingerprint density at radius 1 is 1.35 bits per heavy atom. The van der Waals surface area contributed by atoms with Crippen molar-refractivity contribution in [1.29, 1.82) is 0 Å². The van der Waals surface area contributed by atoms with E-state index in [2.05, 4.69) is 17.9 Å². The van der Waals surface area contributed by atoms with Crippen molar-refractivity contribution in [2.75, 3.05) is 18.0 Å². The minimum Gasteiger partial charge on any atom is -0.370 e. The van der Waals surface area contributed by atoms with Gasteiger partial charge in [-0.15, -0.1) is 0 Å². The first-order chi connectivity index (χ1) is 8.22. The van der Waals surface area contributed by atoms with Gasteiger partial charge in [-0.2, -0.15) is 0 Å². The van der Waals surface area contributed by atoms with Gasteiger partial charge in [0.2, 0.25) is 0 Å². The van der Waals surface area contributed by atoms with Gasteiger partial charge in [0, 0.05) is 19.1 Å². The highest BCUT2D eigenvalue weighted by Crippen LogP contribution is 2.33. The van der Waals surface area contributed by atoms with Crippen LogP contribution in [0.15, 0.2) is 18.2 Å². The molecule has 0 radical (unpaired) electrons. The largest absolute Gasteiger partial charge is 0.370 e. The molecule has 2 N–H and O–H groups in total. The SMILES string of the molecule is CCC(N)Cc1cccc(Cl)c1N1CCCC1. The highest BCUT2D eigenvalue weighted by Gasteiger charge is 2.19. The van der Waals surface area contributed by atoms with Crippen molar-refractivity contribution in [3.05, 3.63) is 28.8 Å². The van der Waals surface area contributed by atoms with Gasteiger partial charge in [-0.25, -0.2) is 0 Å². The smallest absolute Gasteiger partial charge is 0.0642 e. The fraction of sp³-hybridized carbons (Fsp3) is 0.571. The summed E-state index contributed by atoms with van der Waals surface area (Å²) in [5, 5.41) is 0.868. The molecule has 1 heterocycles. The number of benzene rings is 1. The normalized spacial score (nSPS) is 17.5. The number of hydrogen-bond donors (Lipinski definition) is 1. The van der Waals surface area contributed by atoms with Crippen LogP contribution >= 0.6 is 11.6 Å². The molecule has 1 fully saturated rings. The molecule has 0 aliphatic carbocycles. The van der Waals surface area contributed by atoms with Crippen LogP contribution in [0.1, 0.15) is 31.7 Å². The van der Waals surface area contributed by atoms with Gasteiger partial charge in [0.05, 0.1) is 10.7 Å². The molecule has 17 heavy (non-hydrogen) atoms. The number of hydrogen-bond acceptors (Lipinski definition) is 2. The highest BCUT2D eigenvalue weighted by atomic mass is 35.5. The number of halogens is 1. The summed E-state index contributed by atoms with van der Waals surface area (Å²) in [6, 6.07) is 6.40. The fourth-order valence-corrected chi connectivity index (χ4v) is 2.76. The zero-order chi connectivity index (χ0) is 12.3. The van der Waals surface area contributed by atoms with Crippen molar-refractivity contribution in [2.45, 2.75) is 38.6 Å². The van der Waals surface area contributed by atoms with E-state index in [4.69, 9.17) is 17.3 Å². The molecule has 2 nitrogen and oxygen atoms in total. The van der Waals surface area contributed by atoms with E-state index in [1.54, 1.807) is 0 Å². The number of para-hydroxylation sites is 1. The van der Waals surface area contributed by atoms with E-state index in [1.807, 2.05) is 12.1 Å². The third-order valence-corrected chi connectivity index (χ3v) is 3.80. The molecule has 1 atom stereocenters. The average Bonchev–Trinajstić information content (AvgIpc) is 2.82. The Morgan fingerprint density at radius 3 is 2.71 bits per heavy atom. The third-order valence-electron chi connectivity index (χ3n) is 3.50. The van der Waals surface area contributed by atoms with Crippen molar-refractivity contribution in [3.63, 3.8) is 0 Å². The van der Waals surface area contributed by atoms with Gasteiger partial charge in [-0.05, 0) is 37.3 Å². The molecule has 1 aliphatic rings. The quantitative estimate of drug-likeness (QED) is 0.892. The summed E-state index contributed by atoms with van der Waals surface area (Å²) in [4.78, 5) is 2.40. The van der Waals surface area contributed by atoms with Crippen LogP contribution < -0.4 is 10.6 Å². The van der Waals surface area contributed by atoms with Gasteiger partial charge < -0.3 is 10.6 Å². The number of anilines is 1. The predicted molar refractivity (Wildman–Crippen MR) is 74.9 cm³/mol. The Balaban J connectivity index is 2.27. The summed E-state index contributed by atoms with van der Waals surface area (Å²) in [6.07, 6.45) is 4.46. The Labute approximate surface area is 109 Å². The zero-order valence-electron chi connectivity index (χ0n) is 10.5. The molecule has 0 amide bonds. The van der Waals surface area contributed by atoms with Gasteiger partial charge in [-0.1, -0.05) is 30.7 Å². The van der Waals surface area contributed by atoms with E-state index in [-0.39, 0.29) is 6.04 Å². The molecule has 94 valence electrons. The second kappa shape index (κ2) is 5.74. The summed E-state index contributed by atoms with van der Waals surface area (Å²) >= 11 is 6.35. The Hall–Kier alpha value is -0.730. The van der Waals surface area contributed by atoms with Crippen molar-refractivity contribution in [3.8, 4) is 0 Å². The van der Waals surface area contributed by atoms with Crippen molar-refractivity contribution >= 4 is 17.3 Å². The third kappa shape index (κ3) is 2.93. The molecular weight excluding hydrogens is 232 g/mol. The van der Waals surface area contributed by atoms with Gasteiger partial charge >= 0.3 is 0 Å². The van der Waals surface area contributed by atoms with E-state index in [1.165, 1.54) is 24.1 Å². The molecule has 2 rings (SSSR count). The molecule has 0 saturated carbocycles. The van der Waals surface area contributed by atoms with Crippen molar-refractivity contribution in [2.24, 2.45) is 5.73 Å². The Morgan fingerprint density at radius 2 is 2.06 bits per heavy atom. The van der Waals surface area contributed by atoms with E-state index in [0.29, 0.717) is 0 Å². The first-order valence-electron chi connectivity index (χ1n) is 6.50. The van der Waals surface area contributed by atoms with Crippen LogP contribution in [0.5, 0.6) is 0 Å². The van der Waals surface area contributed by atoms with Crippen LogP contribution in [0.3, 0.4) is 0 Å². The lowest BCUT2D eigenvalue weighted by molar-refractivity contribution is 0.645. The minimum absolute atomic E-state index is 0.231. The molecule has 1 saturated heterocycles. The Bertz CT molecular complexity index is 372. The fourth-order valence-electron chi connectivity index (χ4n) is 2.45. The van der Waals surface area contributed by atoms with E-state index in [0.717, 1.165) is 31.0 Å². The van der Waals surface area contributed by atoms with E-state index < -0.39 is 0 Å². The summed E-state index contributed by atoms with van der Waals surface area (Å²) in [6.45, 7) is 4.38. The zero-order valence-corrected chi connectivity index (χ0v) is 11.2. The summed E-state index contributed by atoms with van der Waals surface area (Å²) in [7, 11) is 0. The predicted octanol–water partition coefficient (Wildman–Crippen LogP) is 3.22. The topological polar surface area (TPSA) is 29.3 Å². The lowest BCUT2D eigenvalue weighted by Gasteiger charge is -2.24. The average molecular weight is 253 g/mol. The van der Waals surface area contributed by atoms with Gasteiger partial charge in [-0.3, -0.25) is 0 Å². The second-order valence-corrected chi connectivity index (χ2v) is 5.22. The van der Waals surface area contributed by atoms with Crippen molar-refractivity contribution in [1.82, 2.24) is 0 Å².